The Labute approximate surface area is 120 Å². The first kappa shape index (κ1) is 14.3. The maximum absolute atomic E-state index is 11.9. The number of benzene rings is 1. The zero-order chi connectivity index (χ0) is 14.5. The molecule has 1 aromatic carbocycles. The Morgan fingerprint density at radius 3 is 2.80 bits per heavy atom. The Bertz CT molecular complexity index is 682. The van der Waals surface area contributed by atoms with Gasteiger partial charge in [0.1, 0.15) is 5.03 Å². The summed E-state index contributed by atoms with van der Waals surface area (Å²) >= 11 is 1.24. The molecule has 2 rings (SSSR count). The van der Waals surface area contributed by atoms with Crippen molar-refractivity contribution in [3.05, 3.63) is 52.1 Å². The number of carbonyl (C=O) groups is 1. The number of aromatic nitrogens is 2. The minimum absolute atomic E-state index is 0.121. The van der Waals surface area contributed by atoms with E-state index in [0.29, 0.717) is 5.03 Å². The van der Waals surface area contributed by atoms with Gasteiger partial charge in [-0.1, -0.05) is 30.0 Å². The van der Waals surface area contributed by atoms with Crippen molar-refractivity contribution in [1.29, 1.82) is 0 Å². The molecule has 0 spiro atoms. The average molecular weight is 289 g/mol. The fourth-order valence-electron chi connectivity index (χ4n) is 1.66. The lowest BCUT2D eigenvalue weighted by Gasteiger charge is -2.07. The van der Waals surface area contributed by atoms with Gasteiger partial charge in [-0.05, 0) is 31.5 Å². The lowest BCUT2D eigenvalue weighted by Crippen LogP contribution is -2.16. The molecule has 6 heteroatoms. The number of nitrogens with one attached hydrogen (secondary N) is 2. The van der Waals surface area contributed by atoms with Gasteiger partial charge in [0.05, 0.1) is 5.75 Å². The normalized spacial score (nSPS) is 10.3. The maximum Gasteiger partial charge on any atom is 0.346 e. The molecular weight excluding hydrogens is 274 g/mol. The summed E-state index contributed by atoms with van der Waals surface area (Å²) in [5, 5.41) is 3.38. The van der Waals surface area contributed by atoms with Crippen molar-refractivity contribution in [2.45, 2.75) is 18.9 Å². The predicted molar refractivity (Wildman–Crippen MR) is 80.1 cm³/mol. The number of nitrogens with zero attached hydrogens (tertiary/aromatic N) is 1. The second-order valence-corrected chi connectivity index (χ2v) is 5.35. The van der Waals surface area contributed by atoms with E-state index >= 15 is 0 Å². The molecule has 0 aliphatic rings. The number of aryl methyl sites for hydroxylation is 2. The zero-order valence-corrected chi connectivity index (χ0v) is 12.1. The van der Waals surface area contributed by atoms with Crippen LogP contribution in [-0.4, -0.2) is 21.6 Å². The number of hydrogen-bond donors (Lipinski definition) is 2. The van der Waals surface area contributed by atoms with Crippen LogP contribution in [0.1, 0.15) is 11.3 Å². The molecule has 104 valence electrons. The maximum atomic E-state index is 11.9. The van der Waals surface area contributed by atoms with Crippen LogP contribution in [-0.2, 0) is 4.79 Å². The monoisotopic (exact) mass is 289 g/mol. The highest BCUT2D eigenvalue weighted by Crippen LogP contribution is 2.16. The summed E-state index contributed by atoms with van der Waals surface area (Å²) in [5.74, 6) is 0.0913. The van der Waals surface area contributed by atoms with E-state index in [-0.39, 0.29) is 11.7 Å². The molecule has 1 heterocycles. The average Bonchev–Trinajstić information content (AvgIpc) is 2.38. The lowest BCUT2D eigenvalue weighted by atomic mass is 10.2. The first-order valence-electron chi connectivity index (χ1n) is 6.11. The standard InChI is InChI=1S/C14H15N3O2S/c1-9-5-3-4-6-11(9)16-12(18)8-20-13-7-10(2)15-14(19)17-13/h3-7H,8H2,1-2H3,(H,16,18)(H,15,17,19). The third kappa shape index (κ3) is 3.96. The molecule has 0 saturated carbocycles. The number of aromatic amines is 1. The quantitative estimate of drug-likeness (QED) is 0.668. The van der Waals surface area contributed by atoms with Gasteiger partial charge in [-0.25, -0.2) is 4.79 Å². The van der Waals surface area contributed by atoms with Gasteiger partial charge in [-0.3, -0.25) is 4.79 Å². The molecule has 1 aromatic heterocycles. The molecule has 0 fully saturated rings. The number of H-pyrrole nitrogens is 1. The van der Waals surface area contributed by atoms with E-state index in [2.05, 4.69) is 15.3 Å². The molecule has 1 amide bonds. The van der Waals surface area contributed by atoms with Crippen LogP contribution in [0.3, 0.4) is 0 Å². The van der Waals surface area contributed by atoms with Gasteiger partial charge in [-0.15, -0.1) is 0 Å². The van der Waals surface area contributed by atoms with Crippen molar-refractivity contribution in [2.24, 2.45) is 0 Å². The van der Waals surface area contributed by atoms with Crippen LogP contribution in [0.15, 0.2) is 40.2 Å². The van der Waals surface area contributed by atoms with Crippen molar-refractivity contribution >= 4 is 23.4 Å². The largest absolute Gasteiger partial charge is 0.346 e. The summed E-state index contributed by atoms with van der Waals surface area (Å²) in [6.07, 6.45) is 0. The van der Waals surface area contributed by atoms with E-state index < -0.39 is 5.69 Å². The summed E-state index contributed by atoms with van der Waals surface area (Å²) in [7, 11) is 0. The number of thioether (sulfide) groups is 1. The summed E-state index contributed by atoms with van der Waals surface area (Å²) in [6.45, 7) is 3.71. The Kier molecular flexibility index (Phi) is 4.57. The van der Waals surface area contributed by atoms with E-state index in [1.54, 1.807) is 13.0 Å². The topological polar surface area (TPSA) is 74.8 Å². The summed E-state index contributed by atoms with van der Waals surface area (Å²) in [6, 6.07) is 9.32. The third-order valence-corrected chi connectivity index (χ3v) is 3.54. The van der Waals surface area contributed by atoms with Crippen LogP contribution in [0, 0.1) is 13.8 Å². The Morgan fingerprint density at radius 2 is 2.10 bits per heavy atom. The molecule has 0 aliphatic heterocycles. The summed E-state index contributed by atoms with van der Waals surface area (Å²) in [4.78, 5) is 29.4. The van der Waals surface area contributed by atoms with Gasteiger partial charge in [-0.2, -0.15) is 4.98 Å². The molecule has 0 saturated heterocycles. The van der Waals surface area contributed by atoms with E-state index in [1.807, 2.05) is 31.2 Å². The minimum atomic E-state index is -0.396. The highest BCUT2D eigenvalue weighted by atomic mass is 32.2. The fraction of sp³-hybridized carbons (Fsp3) is 0.214. The third-order valence-electron chi connectivity index (χ3n) is 2.63. The Hall–Kier alpha value is -2.08. The van der Waals surface area contributed by atoms with Crippen LogP contribution < -0.4 is 11.0 Å². The Morgan fingerprint density at radius 1 is 1.35 bits per heavy atom. The van der Waals surface area contributed by atoms with Gasteiger partial charge >= 0.3 is 5.69 Å². The van der Waals surface area contributed by atoms with Gasteiger partial charge in [0, 0.05) is 11.4 Å². The van der Waals surface area contributed by atoms with E-state index in [4.69, 9.17) is 0 Å². The minimum Gasteiger partial charge on any atom is -0.325 e. The van der Waals surface area contributed by atoms with Crippen LogP contribution in [0.4, 0.5) is 5.69 Å². The van der Waals surface area contributed by atoms with Gasteiger partial charge in [0.25, 0.3) is 0 Å². The second kappa shape index (κ2) is 6.38. The highest BCUT2D eigenvalue weighted by Gasteiger charge is 2.06. The number of anilines is 1. The molecule has 20 heavy (non-hydrogen) atoms. The second-order valence-electron chi connectivity index (χ2n) is 4.36. The van der Waals surface area contributed by atoms with Crippen molar-refractivity contribution < 1.29 is 4.79 Å². The fourth-order valence-corrected chi connectivity index (χ4v) is 2.42. The summed E-state index contributed by atoms with van der Waals surface area (Å²) in [5.41, 5.74) is 2.14. The van der Waals surface area contributed by atoms with Crippen molar-refractivity contribution in [3.63, 3.8) is 0 Å². The van der Waals surface area contributed by atoms with Crippen molar-refractivity contribution in [1.82, 2.24) is 9.97 Å². The number of rotatable bonds is 4. The first-order valence-corrected chi connectivity index (χ1v) is 7.09. The molecule has 0 radical (unpaired) electrons. The lowest BCUT2D eigenvalue weighted by molar-refractivity contribution is -0.113. The first-order chi connectivity index (χ1) is 9.54. The molecule has 0 bridgehead atoms. The van der Waals surface area contributed by atoms with Crippen LogP contribution in [0.5, 0.6) is 0 Å². The summed E-state index contributed by atoms with van der Waals surface area (Å²) < 4.78 is 0. The van der Waals surface area contributed by atoms with Gasteiger partial charge in [0.2, 0.25) is 5.91 Å². The number of para-hydroxylation sites is 1. The highest BCUT2D eigenvalue weighted by molar-refractivity contribution is 7.99. The molecule has 2 N–H and O–H groups in total. The SMILES string of the molecule is Cc1cc(SCC(=O)Nc2ccccc2C)nc(=O)[nH]1. The van der Waals surface area contributed by atoms with E-state index in [1.165, 1.54) is 11.8 Å². The number of carbonyl (C=O) groups excluding carboxylic acids is 1. The molecule has 2 aromatic rings. The zero-order valence-electron chi connectivity index (χ0n) is 11.3. The van der Waals surface area contributed by atoms with Crippen LogP contribution >= 0.6 is 11.8 Å². The molecule has 0 unspecified atom stereocenters. The van der Waals surface area contributed by atoms with Crippen molar-refractivity contribution in [3.8, 4) is 0 Å². The van der Waals surface area contributed by atoms with Crippen LogP contribution in [0.2, 0.25) is 0 Å². The number of amides is 1. The molecule has 0 atom stereocenters. The van der Waals surface area contributed by atoms with Crippen LogP contribution in [0.25, 0.3) is 0 Å². The van der Waals surface area contributed by atoms with Gasteiger partial charge in [0.15, 0.2) is 0 Å². The smallest absolute Gasteiger partial charge is 0.325 e. The van der Waals surface area contributed by atoms with E-state index in [9.17, 15) is 9.59 Å². The Balaban J connectivity index is 1.96. The molecule has 0 aliphatic carbocycles. The molecule has 5 nitrogen and oxygen atoms in total. The van der Waals surface area contributed by atoms with Gasteiger partial charge < -0.3 is 10.3 Å². The number of hydrogen-bond acceptors (Lipinski definition) is 4. The van der Waals surface area contributed by atoms with E-state index in [0.717, 1.165) is 16.9 Å². The molecular formula is C14H15N3O2S. The van der Waals surface area contributed by atoms with Crippen molar-refractivity contribution in [2.75, 3.05) is 11.1 Å². The predicted octanol–water partition coefficient (Wildman–Crippen LogP) is 2.12.